The maximum atomic E-state index is 11.8. The number of hydrogen-bond donors (Lipinski definition) is 2. The minimum atomic E-state index is -0.275. The van der Waals surface area contributed by atoms with Crippen molar-refractivity contribution in [3.05, 3.63) is 18.2 Å². The van der Waals surface area contributed by atoms with Crippen LogP contribution in [0.25, 0.3) is 0 Å². The van der Waals surface area contributed by atoms with E-state index >= 15 is 0 Å². The van der Waals surface area contributed by atoms with Gasteiger partial charge >= 0.3 is 6.03 Å². The van der Waals surface area contributed by atoms with Crippen LogP contribution in [0.15, 0.2) is 18.2 Å². The van der Waals surface area contributed by atoms with Crippen LogP contribution in [-0.4, -0.2) is 31.6 Å². The highest BCUT2D eigenvalue weighted by atomic mass is 16.5. The molecule has 0 fully saturated rings. The molecule has 0 saturated carbocycles. The van der Waals surface area contributed by atoms with Crippen LogP contribution >= 0.6 is 0 Å². The molecule has 0 saturated heterocycles. The van der Waals surface area contributed by atoms with E-state index in [1.165, 1.54) is 0 Å². The Labute approximate surface area is 118 Å². The van der Waals surface area contributed by atoms with Gasteiger partial charge < -0.3 is 20.3 Å². The van der Waals surface area contributed by atoms with Gasteiger partial charge in [-0.05, 0) is 32.0 Å². The molecule has 1 aliphatic heterocycles. The van der Waals surface area contributed by atoms with Crippen molar-refractivity contribution in [2.75, 3.05) is 23.9 Å². The van der Waals surface area contributed by atoms with E-state index in [-0.39, 0.29) is 18.0 Å². The predicted octanol–water partition coefficient (Wildman–Crippen LogP) is 1.96. The number of amides is 3. The fourth-order valence-corrected chi connectivity index (χ4v) is 1.96. The third kappa shape index (κ3) is 3.20. The summed E-state index contributed by atoms with van der Waals surface area (Å²) in [5.74, 6) is 0.640. The summed E-state index contributed by atoms with van der Waals surface area (Å²) >= 11 is 0. The van der Waals surface area contributed by atoms with E-state index in [4.69, 9.17) is 4.74 Å². The Morgan fingerprint density at radius 2 is 2.15 bits per heavy atom. The zero-order valence-electron chi connectivity index (χ0n) is 11.9. The molecular weight excluding hydrogens is 258 g/mol. The number of nitrogens with one attached hydrogen (secondary N) is 2. The lowest BCUT2D eigenvalue weighted by Gasteiger charge is -2.18. The monoisotopic (exact) mass is 277 g/mol. The number of hydrogen-bond acceptors (Lipinski definition) is 3. The van der Waals surface area contributed by atoms with Gasteiger partial charge in [0.25, 0.3) is 0 Å². The van der Waals surface area contributed by atoms with E-state index in [1.54, 1.807) is 30.1 Å². The molecule has 0 aromatic heterocycles. The van der Waals surface area contributed by atoms with Crippen molar-refractivity contribution in [2.24, 2.45) is 0 Å². The Morgan fingerprint density at radius 1 is 1.40 bits per heavy atom. The van der Waals surface area contributed by atoms with Gasteiger partial charge in [-0.1, -0.05) is 0 Å². The lowest BCUT2D eigenvalue weighted by atomic mass is 10.2. The summed E-state index contributed by atoms with van der Waals surface area (Å²) in [6.07, 6.45) is 0.349. The van der Waals surface area contributed by atoms with Crippen LogP contribution in [0.1, 0.15) is 20.3 Å². The Bertz CT molecular complexity index is 528. The zero-order chi connectivity index (χ0) is 14.7. The van der Waals surface area contributed by atoms with Crippen LogP contribution in [0.3, 0.4) is 0 Å². The third-order valence-corrected chi connectivity index (χ3v) is 2.95. The van der Waals surface area contributed by atoms with E-state index in [9.17, 15) is 9.59 Å². The highest BCUT2D eigenvalue weighted by molar-refractivity contribution is 5.97. The fourth-order valence-electron chi connectivity index (χ4n) is 1.96. The predicted molar refractivity (Wildman–Crippen MR) is 77.3 cm³/mol. The van der Waals surface area contributed by atoms with Gasteiger partial charge in [-0.2, -0.15) is 0 Å². The SMILES string of the molecule is CC(C)NC(=O)Nc1ccc2c(c1)N(C)C(=O)CCO2. The van der Waals surface area contributed by atoms with Crippen molar-refractivity contribution in [3.63, 3.8) is 0 Å². The van der Waals surface area contributed by atoms with Gasteiger partial charge in [-0.3, -0.25) is 4.79 Å². The van der Waals surface area contributed by atoms with Gasteiger partial charge in [0.05, 0.1) is 18.7 Å². The fraction of sp³-hybridized carbons (Fsp3) is 0.429. The number of carbonyl (C=O) groups is 2. The van der Waals surface area contributed by atoms with Crippen molar-refractivity contribution in [1.82, 2.24) is 5.32 Å². The molecule has 1 aliphatic rings. The van der Waals surface area contributed by atoms with Gasteiger partial charge in [0.2, 0.25) is 5.91 Å². The van der Waals surface area contributed by atoms with Gasteiger partial charge in [-0.25, -0.2) is 4.79 Å². The van der Waals surface area contributed by atoms with Crippen molar-refractivity contribution in [1.29, 1.82) is 0 Å². The van der Waals surface area contributed by atoms with Gasteiger partial charge in [0.1, 0.15) is 5.75 Å². The molecule has 0 spiro atoms. The Morgan fingerprint density at radius 3 is 2.85 bits per heavy atom. The second-order valence-corrected chi connectivity index (χ2v) is 4.99. The maximum Gasteiger partial charge on any atom is 0.319 e. The summed E-state index contributed by atoms with van der Waals surface area (Å²) in [4.78, 5) is 25.0. The normalized spacial score (nSPS) is 14.4. The minimum Gasteiger partial charge on any atom is -0.491 e. The summed E-state index contributed by atoms with van der Waals surface area (Å²) in [6, 6.07) is 5.03. The number of ether oxygens (including phenoxy) is 1. The largest absolute Gasteiger partial charge is 0.491 e. The molecule has 1 heterocycles. The van der Waals surface area contributed by atoms with Crippen LogP contribution in [0.2, 0.25) is 0 Å². The first-order valence-electron chi connectivity index (χ1n) is 6.58. The average Bonchev–Trinajstić information content (AvgIpc) is 2.50. The molecule has 6 nitrogen and oxygen atoms in total. The first-order valence-corrected chi connectivity index (χ1v) is 6.58. The standard InChI is InChI=1S/C14H19N3O3/c1-9(2)15-14(19)16-10-4-5-12-11(8-10)17(3)13(18)6-7-20-12/h4-5,8-9H,6-7H2,1-3H3,(H2,15,16,19). The summed E-state index contributed by atoms with van der Waals surface area (Å²) in [7, 11) is 1.70. The quantitative estimate of drug-likeness (QED) is 0.868. The molecule has 0 bridgehead atoms. The average molecular weight is 277 g/mol. The molecule has 0 radical (unpaired) electrons. The Hall–Kier alpha value is -2.24. The van der Waals surface area contributed by atoms with Crippen LogP contribution in [0.5, 0.6) is 5.75 Å². The first kappa shape index (κ1) is 14.2. The maximum absolute atomic E-state index is 11.8. The van der Waals surface area contributed by atoms with Crippen molar-refractivity contribution < 1.29 is 14.3 Å². The van der Waals surface area contributed by atoms with E-state index in [0.29, 0.717) is 30.2 Å². The van der Waals surface area contributed by atoms with Gasteiger partial charge in [0, 0.05) is 18.8 Å². The second kappa shape index (κ2) is 5.81. The number of nitrogens with zero attached hydrogens (tertiary/aromatic N) is 1. The number of urea groups is 1. The number of fused-ring (bicyclic) bond motifs is 1. The van der Waals surface area contributed by atoms with Crippen LogP contribution in [-0.2, 0) is 4.79 Å². The van der Waals surface area contributed by atoms with Crippen molar-refractivity contribution in [2.45, 2.75) is 26.3 Å². The summed E-state index contributed by atoms with van der Waals surface area (Å²) < 4.78 is 5.52. The molecule has 2 N–H and O–H groups in total. The molecule has 0 unspecified atom stereocenters. The smallest absolute Gasteiger partial charge is 0.319 e. The summed E-state index contributed by atoms with van der Waals surface area (Å²) in [5, 5.41) is 5.48. The highest BCUT2D eigenvalue weighted by Crippen LogP contribution is 2.33. The lowest BCUT2D eigenvalue weighted by Crippen LogP contribution is -2.34. The molecule has 6 heteroatoms. The van der Waals surface area contributed by atoms with Crippen LogP contribution in [0.4, 0.5) is 16.2 Å². The third-order valence-electron chi connectivity index (χ3n) is 2.95. The first-order chi connectivity index (χ1) is 9.47. The second-order valence-electron chi connectivity index (χ2n) is 4.99. The number of anilines is 2. The molecule has 0 aliphatic carbocycles. The Kier molecular flexibility index (Phi) is 4.12. The highest BCUT2D eigenvalue weighted by Gasteiger charge is 2.20. The molecular formula is C14H19N3O3. The number of carbonyl (C=O) groups excluding carboxylic acids is 2. The molecule has 1 aromatic carbocycles. The summed E-state index contributed by atoms with van der Waals surface area (Å²) in [6.45, 7) is 4.14. The van der Waals surface area contributed by atoms with E-state index in [2.05, 4.69) is 10.6 Å². The zero-order valence-corrected chi connectivity index (χ0v) is 11.9. The van der Waals surface area contributed by atoms with Gasteiger partial charge in [-0.15, -0.1) is 0 Å². The lowest BCUT2D eigenvalue weighted by molar-refractivity contribution is -0.118. The molecule has 20 heavy (non-hydrogen) atoms. The number of rotatable bonds is 2. The van der Waals surface area contributed by atoms with E-state index in [1.807, 2.05) is 13.8 Å². The molecule has 2 rings (SSSR count). The minimum absolute atomic E-state index is 0.00691. The van der Waals surface area contributed by atoms with Gasteiger partial charge in [0.15, 0.2) is 0 Å². The molecule has 108 valence electrons. The number of benzene rings is 1. The molecule has 0 atom stereocenters. The van der Waals surface area contributed by atoms with Crippen LogP contribution in [0, 0.1) is 0 Å². The summed E-state index contributed by atoms with van der Waals surface area (Å²) in [5.41, 5.74) is 1.28. The van der Waals surface area contributed by atoms with E-state index < -0.39 is 0 Å². The van der Waals surface area contributed by atoms with Crippen LogP contribution < -0.4 is 20.3 Å². The van der Waals surface area contributed by atoms with Crippen molar-refractivity contribution >= 4 is 23.3 Å². The Balaban J connectivity index is 2.20. The van der Waals surface area contributed by atoms with Crippen molar-refractivity contribution in [3.8, 4) is 5.75 Å². The topological polar surface area (TPSA) is 70.7 Å². The molecule has 3 amide bonds. The molecule has 1 aromatic rings. The van der Waals surface area contributed by atoms with E-state index in [0.717, 1.165) is 0 Å².